The minimum atomic E-state index is -1.65. The number of nitrogens with one attached hydrogen (secondary N) is 1. The van der Waals surface area contributed by atoms with Crippen molar-refractivity contribution in [3.63, 3.8) is 0 Å². The van der Waals surface area contributed by atoms with Crippen LogP contribution in [0.3, 0.4) is 0 Å². The van der Waals surface area contributed by atoms with E-state index in [1.165, 1.54) is 0 Å². The number of aliphatic hydroxyl groups is 4. The van der Waals surface area contributed by atoms with Crippen LogP contribution in [-0.2, 0) is 25.5 Å². The van der Waals surface area contributed by atoms with Crippen molar-refractivity contribution < 1.29 is 53.4 Å². The number of furan rings is 1. The van der Waals surface area contributed by atoms with Crippen molar-refractivity contribution in [1.29, 1.82) is 0 Å². The maximum Gasteiger partial charge on any atom is 0.306 e. The predicted octanol–water partition coefficient (Wildman–Crippen LogP) is 2.20. The highest BCUT2D eigenvalue weighted by atomic mass is 16.7. The molecule has 1 spiro atoms. The number of hydrogen-bond donors (Lipinski definition) is 5. The summed E-state index contributed by atoms with van der Waals surface area (Å²) in [6, 6.07) is 1.87. The highest BCUT2D eigenvalue weighted by Crippen LogP contribution is 2.54. The molecule has 2 aromatic rings. The normalized spacial score (nSPS) is 30.2. The Morgan fingerprint density at radius 1 is 1.05 bits per heavy atom. The topological polar surface area (TPSA) is 177 Å². The van der Waals surface area contributed by atoms with Gasteiger partial charge in [0.15, 0.2) is 11.3 Å². The lowest BCUT2D eigenvalue weighted by Crippen LogP contribution is -2.60. The van der Waals surface area contributed by atoms with Crippen LogP contribution in [0.1, 0.15) is 81.8 Å². The van der Waals surface area contributed by atoms with Gasteiger partial charge in [0.05, 0.1) is 31.0 Å². The Labute approximate surface area is 255 Å². The lowest BCUT2D eigenvalue weighted by molar-refractivity contribution is -0.277. The summed E-state index contributed by atoms with van der Waals surface area (Å²) in [7, 11) is 0. The molecule has 2 saturated carbocycles. The van der Waals surface area contributed by atoms with Crippen LogP contribution in [0.2, 0.25) is 0 Å². The fourth-order valence-electron chi connectivity index (χ4n) is 7.52. The molecule has 2 saturated heterocycles. The van der Waals surface area contributed by atoms with Crippen LogP contribution in [-0.4, -0.2) is 88.9 Å². The standard InChI is InChI=1S/C32H43NO11/c1-2-40-23(35)10-9-17-13-19-20(21-14-33-31(39)32(21)11-5-6-12-32)16-41-28(19)29(42-18-7-3-4-8-18)27(17)44-30-26(38)25(37)24(36)22(15-34)43-30/h13,16,18,21-22,24-26,30,34,36-38H,2-12,14-15H2,1H3,(H,33,39)/t21-,22+,24+,25-,26+,30+/m0/s1. The predicted molar refractivity (Wildman–Crippen MR) is 155 cm³/mol. The van der Waals surface area contributed by atoms with E-state index >= 15 is 0 Å². The van der Waals surface area contributed by atoms with Crippen molar-refractivity contribution in [3.05, 3.63) is 23.5 Å². The average Bonchev–Trinajstić information content (AvgIpc) is 3.83. The Morgan fingerprint density at radius 2 is 1.80 bits per heavy atom. The van der Waals surface area contributed by atoms with Gasteiger partial charge in [0.25, 0.3) is 0 Å². The summed E-state index contributed by atoms with van der Waals surface area (Å²) in [4.78, 5) is 25.6. The first kappa shape index (κ1) is 31.1. The summed E-state index contributed by atoms with van der Waals surface area (Å²) < 4.78 is 30.0. The summed E-state index contributed by atoms with van der Waals surface area (Å²) in [5.41, 5.74) is 1.36. The summed E-state index contributed by atoms with van der Waals surface area (Å²) in [6.07, 6.45) is 1.54. The molecule has 1 amide bonds. The smallest absolute Gasteiger partial charge is 0.306 e. The first-order chi connectivity index (χ1) is 21.3. The number of carbonyl (C=O) groups is 2. The van der Waals surface area contributed by atoms with Crippen LogP contribution in [0.5, 0.6) is 11.5 Å². The second-order valence-corrected chi connectivity index (χ2v) is 12.5. The summed E-state index contributed by atoms with van der Waals surface area (Å²) in [6.45, 7) is 1.85. The van der Waals surface area contributed by atoms with Crippen molar-refractivity contribution >= 4 is 22.8 Å². The van der Waals surface area contributed by atoms with E-state index < -0.39 is 48.7 Å². The molecular formula is C32H43NO11. The molecule has 0 unspecified atom stereocenters. The van der Waals surface area contributed by atoms with Crippen LogP contribution in [0, 0.1) is 5.41 Å². The van der Waals surface area contributed by atoms with Gasteiger partial charge in [-0.2, -0.15) is 0 Å². The van der Waals surface area contributed by atoms with Crippen molar-refractivity contribution in [2.45, 2.75) is 114 Å². The maximum absolute atomic E-state index is 13.1. The zero-order chi connectivity index (χ0) is 31.0. The summed E-state index contributed by atoms with van der Waals surface area (Å²) in [5.74, 6) is 0.0343. The van der Waals surface area contributed by atoms with Crippen LogP contribution >= 0.6 is 0 Å². The fraction of sp³-hybridized carbons (Fsp3) is 0.688. The molecule has 2 aliphatic heterocycles. The molecule has 4 aliphatic rings. The van der Waals surface area contributed by atoms with Gasteiger partial charge in [-0.15, -0.1) is 0 Å². The molecule has 6 rings (SSSR count). The molecule has 6 atom stereocenters. The highest BCUT2D eigenvalue weighted by Gasteiger charge is 2.53. The number of ether oxygens (including phenoxy) is 4. The SMILES string of the molecule is CCOC(=O)CCc1cc2c([C@@H]3CNC(=O)C34CCCC4)coc2c(OC2CCCC2)c1O[C@H]1O[C@H](CO)[C@@H](O)[C@H](O)[C@H]1O. The van der Waals surface area contributed by atoms with Gasteiger partial charge in [0.2, 0.25) is 17.9 Å². The third kappa shape index (κ3) is 5.55. The minimum Gasteiger partial charge on any atom is -0.483 e. The fourth-order valence-corrected chi connectivity index (χ4v) is 7.52. The van der Waals surface area contributed by atoms with Crippen molar-refractivity contribution in [3.8, 4) is 11.5 Å². The number of aliphatic hydroxyl groups excluding tert-OH is 4. The number of aryl methyl sites for hydroxylation is 1. The number of hydrogen-bond acceptors (Lipinski definition) is 11. The number of esters is 1. The van der Waals surface area contributed by atoms with E-state index in [2.05, 4.69) is 5.32 Å². The Morgan fingerprint density at radius 3 is 2.50 bits per heavy atom. The number of carbonyl (C=O) groups excluding carboxylic acids is 2. The van der Waals surface area contributed by atoms with Gasteiger partial charge >= 0.3 is 5.97 Å². The average molecular weight is 618 g/mol. The molecule has 5 N–H and O–H groups in total. The highest BCUT2D eigenvalue weighted by molar-refractivity contribution is 5.93. The van der Waals surface area contributed by atoms with Gasteiger partial charge in [-0.1, -0.05) is 12.8 Å². The molecule has 0 bridgehead atoms. The first-order valence-electron chi connectivity index (χ1n) is 15.9. The zero-order valence-corrected chi connectivity index (χ0v) is 25.0. The Hall–Kier alpha value is -2.90. The summed E-state index contributed by atoms with van der Waals surface area (Å²) >= 11 is 0. The Kier molecular flexibility index (Phi) is 9.07. The van der Waals surface area contributed by atoms with E-state index in [1.807, 2.05) is 6.07 Å². The van der Waals surface area contributed by atoms with Crippen LogP contribution < -0.4 is 14.8 Å². The first-order valence-corrected chi connectivity index (χ1v) is 15.9. The molecule has 0 radical (unpaired) electrons. The molecule has 2 aliphatic carbocycles. The molecule has 3 heterocycles. The zero-order valence-electron chi connectivity index (χ0n) is 25.0. The molecule has 242 valence electrons. The second kappa shape index (κ2) is 12.8. The Bertz CT molecular complexity index is 1340. The number of benzene rings is 1. The van der Waals surface area contributed by atoms with Gasteiger partial charge in [-0.25, -0.2) is 0 Å². The molecular weight excluding hydrogens is 574 g/mol. The van der Waals surface area contributed by atoms with E-state index in [0.717, 1.165) is 62.3 Å². The van der Waals surface area contributed by atoms with E-state index in [0.29, 0.717) is 17.7 Å². The quantitative estimate of drug-likeness (QED) is 0.247. The van der Waals surface area contributed by atoms with Crippen molar-refractivity contribution in [1.82, 2.24) is 5.32 Å². The lowest BCUT2D eigenvalue weighted by Gasteiger charge is -2.40. The third-order valence-corrected chi connectivity index (χ3v) is 9.91. The van der Waals surface area contributed by atoms with Gasteiger partial charge in [0, 0.05) is 29.8 Å². The summed E-state index contributed by atoms with van der Waals surface area (Å²) in [5, 5.41) is 45.2. The van der Waals surface area contributed by atoms with E-state index in [4.69, 9.17) is 23.4 Å². The molecule has 44 heavy (non-hydrogen) atoms. The third-order valence-electron chi connectivity index (χ3n) is 9.91. The van der Waals surface area contributed by atoms with Crippen molar-refractivity contribution in [2.24, 2.45) is 5.41 Å². The van der Waals surface area contributed by atoms with Crippen LogP contribution in [0.15, 0.2) is 16.7 Å². The monoisotopic (exact) mass is 617 g/mol. The lowest BCUT2D eigenvalue weighted by atomic mass is 9.72. The molecule has 12 heteroatoms. The molecule has 1 aromatic heterocycles. The van der Waals surface area contributed by atoms with E-state index in [9.17, 15) is 30.0 Å². The number of rotatable bonds is 10. The van der Waals surface area contributed by atoms with Gasteiger partial charge in [0.1, 0.15) is 24.4 Å². The Balaban J connectivity index is 1.46. The largest absolute Gasteiger partial charge is 0.483 e. The molecule has 1 aromatic carbocycles. The number of fused-ring (bicyclic) bond motifs is 1. The molecule has 12 nitrogen and oxygen atoms in total. The minimum absolute atomic E-state index is 0.0356. The maximum atomic E-state index is 13.1. The van der Waals surface area contributed by atoms with E-state index in [-0.39, 0.29) is 48.9 Å². The van der Waals surface area contributed by atoms with Crippen molar-refractivity contribution in [2.75, 3.05) is 19.8 Å². The van der Waals surface area contributed by atoms with Gasteiger partial charge < -0.3 is 49.1 Å². The van der Waals surface area contributed by atoms with Crippen LogP contribution in [0.25, 0.3) is 11.0 Å². The van der Waals surface area contributed by atoms with Crippen LogP contribution in [0.4, 0.5) is 0 Å². The van der Waals surface area contributed by atoms with Gasteiger partial charge in [-0.3, -0.25) is 9.59 Å². The molecule has 4 fully saturated rings. The number of amides is 1. The second-order valence-electron chi connectivity index (χ2n) is 12.5. The van der Waals surface area contributed by atoms with Gasteiger partial charge in [-0.05, 0) is 63.5 Å². The van der Waals surface area contributed by atoms with E-state index in [1.54, 1.807) is 13.2 Å².